The summed E-state index contributed by atoms with van der Waals surface area (Å²) in [5, 5.41) is 9.19. The Bertz CT molecular complexity index is 389. The quantitative estimate of drug-likeness (QED) is 0.836. The smallest absolute Gasteiger partial charge is 0.239 e. The maximum Gasteiger partial charge on any atom is 0.239 e. The van der Waals surface area contributed by atoms with Crippen LogP contribution in [0.3, 0.4) is 0 Å². The Kier molecular flexibility index (Phi) is 5.16. The molecule has 18 heavy (non-hydrogen) atoms. The van der Waals surface area contributed by atoms with Crippen LogP contribution >= 0.6 is 0 Å². The number of carbonyl (C=O) groups excluding carboxylic acids is 1. The molecule has 3 N–H and O–H groups in total. The molecule has 4 heteroatoms. The van der Waals surface area contributed by atoms with Crippen LogP contribution in [0.4, 0.5) is 0 Å². The van der Waals surface area contributed by atoms with Gasteiger partial charge in [-0.2, -0.15) is 0 Å². The van der Waals surface area contributed by atoms with Gasteiger partial charge in [-0.05, 0) is 23.6 Å². The van der Waals surface area contributed by atoms with Gasteiger partial charge in [0.25, 0.3) is 0 Å². The molecule has 2 unspecified atom stereocenters. The van der Waals surface area contributed by atoms with Gasteiger partial charge < -0.3 is 15.7 Å². The summed E-state index contributed by atoms with van der Waals surface area (Å²) in [5.41, 5.74) is 6.89. The molecule has 0 heterocycles. The lowest BCUT2D eigenvalue weighted by Gasteiger charge is -2.24. The Balaban J connectivity index is 2.62. The van der Waals surface area contributed by atoms with E-state index in [0.29, 0.717) is 6.54 Å². The molecule has 0 spiro atoms. The molecule has 100 valence electrons. The molecule has 0 bridgehead atoms. The Labute approximate surface area is 108 Å². The van der Waals surface area contributed by atoms with Crippen LogP contribution < -0.4 is 5.73 Å². The zero-order chi connectivity index (χ0) is 13.7. The minimum atomic E-state index is -0.447. The van der Waals surface area contributed by atoms with E-state index >= 15 is 0 Å². The van der Waals surface area contributed by atoms with Crippen molar-refractivity contribution in [2.45, 2.75) is 32.9 Å². The second-order valence-corrected chi connectivity index (χ2v) is 4.77. The zero-order valence-electron chi connectivity index (χ0n) is 11.3. The van der Waals surface area contributed by atoms with Crippen LogP contribution in [0.1, 0.15) is 25.8 Å². The zero-order valence-corrected chi connectivity index (χ0v) is 11.3. The molecule has 1 rings (SSSR count). The first kappa shape index (κ1) is 14.5. The number of benzene rings is 1. The minimum Gasteiger partial charge on any atom is -0.508 e. The molecule has 0 aliphatic heterocycles. The number of hydrogen-bond donors (Lipinski definition) is 2. The van der Waals surface area contributed by atoms with Gasteiger partial charge in [-0.25, -0.2) is 0 Å². The van der Waals surface area contributed by atoms with Crippen LogP contribution in [0.5, 0.6) is 5.75 Å². The monoisotopic (exact) mass is 250 g/mol. The molecule has 0 aromatic heterocycles. The second-order valence-electron chi connectivity index (χ2n) is 4.77. The van der Waals surface area contributed by atoms with Gasteiger partial charge in [0.05, 0.1) is 6.04 Å². The summed E-state index contributed by atoms with van der Waals surface area (Å²) in [4.78, 5) is 13.7. The first-order valence-corrected chi connectivity index (χ1v) is 6.24. The Morgan fingerprint density at radius 2 is 1.94 bits per heavy atom. The van der Waals surface area contributed by atoms with E-state index in [9.17, 15) is 9.90 Å². The van der Waals surface area contributed by atoms with Gasteiger partial charge in [0, 0.05) is 13.6 Å². The van der Waals surface area contributed by atoms with Gasteiger partial charge in [0.2, 0.25) is 5.91 Å². The van der Waals surface area contributed by atoms with Crippen LogP contribution in [0.2, 0.25) is 0 Å². The molecule has 0 aliphatic carbocycles. The van der Waals surface area contributed by atoms with Crippen LogP contribution in [-0.2, 0) is 11.3 Å². The number of nitrogens with zero attached hydrogens (tertiary/aromatic N) is 1. The third-order valence-electron chi connectivity index (χ3n) is 3.27. The average molecular weight is 250 g/mol. The number of aromatic hydroxyl groups is 1. The molecule has 1 aromatic rings. The van der Waals surface area contributed by atoms with Crippen molar-refractivity contribution < 1.29 is 9.90 Å². The first-order chi connectivity index (χ1) is 8.45. The van der Waals surface area contributed by atoms with Crippen molar-refractivity contribution in [1.29, 1.82) is 0 Å². The molecule has 0 saturated carbocycles. The maximum absolute atomic E-state index is 12.1. The lowest BCUT2D eigenvalue weighted by atomic mass is 9.99. The van der Waals surface area contributed by atoms with E-state index in [4.69, 9.17) is 5.73 Å². The van der Waals surface area contributed by atoms with Crippen LogP contribution in [-0.4, -0.2) is 29.0 Å². The van der Waals surface area contributed by atoms with Crippen molar-refractivity contribution in [1.82, 2.24) is 4.90 Å². The largest absolute Gasteiger partial charge is 0.508 e. The number of hydrogen-bond acceptors (Lipinski definition) is 3. The fourth-order valence-corrected chi connectivity index (χ4v) is 1.70. The molecular weight excluding hydrogens is 228 g/mol. The van der Waals surface area contributed by atoms with Gasteiger partial charge in [-0.3, -0.25) is 4.79 Å². The van der Waals surface area contributed by atoms with E-state index in [2.05, 4.69) is 0 Å². The van der Waals surface area contributed by atoms with E-state index in [0.717, 1.165) is 12.0 Å². The van der Waals surface area contributed by atoms with E-state index in [1.165, 1.54) is 0 Å². The minimum absolute atomic E-state index is 0.0441. The van der Waals surface area contributed by atoms with Crippen molar-refractivity contribution in [3.05, 3.63) is 29.8 Å². The topological polar surface area (TPSA) is 66.6 Å². The highest BCUT2D eigenvalue weighted by atomic mass is 16.3. The lowest BCUT2D eigenvalue weighted by molar-refractivity contribution is -0.132. The first-order valence-electron chi connectivity index (χ1n) is 6.24. The van der Waals surface area contributed by atoms with Gasteiger partial charge in [0.1, 0.15) is 5.75 Å². The van der Waals surface area contributed by atoms with E-state index in [-0.39, 0.29) is 17.6 Å². The van der Waals surface area contributed by atoms with E-state index < -0.39 is 6.04 Å². The molecule has 4 nitrogen and oxygen atoms in total. The number of phenols is 1. The van der Waals surface area contributed by atoms with Crippen LogP contribution in [0.25, 0.3) is 0 Å². The summed E-state index contributed by atoms with van der Waals surface area (Å²) in [5.74, 6) is 0.362. The van der Waals surface area contributed by atoms with Crippen molar-refractivity contribution in [2.24, 2.45) is 11.7 Å². The summed E-state index contributed by atoms with van der Waals surface area (Å²) in [7, 11) is 1.75. The Morgan fingerprint density at radius 3 is 2.44 bits per heavy atom. The van der Waals surface area contributed by atoms with Gasteiger partial charge in [0.15, 0.2) is 0 Å². The summed E-state index contributed by atoms with van der Waals surface area (Å²) >= 11 is 0. The summed E-state index contributed by atoms with van der Waals surface area (Å²) < 4.78 is 0. The number of likely N-dealkylation sites (N-methyl/N-ethyl adjacent to an activating group) is 1. The number of amides is 1. The number of rotatable bonds is 5. The standard InChI is InChI=1S/C14H22N2O2/c1-4-10(2)13(15)14(18)16(3)9-11-5-7-12(17)8-6-11/h5-8,10,13,17H,4,9,15H2,1-3H3. The third kappa shape index (κ3) is 3.74. The van der Waals surface area contributed by atoms with Gasteiger partial charge >= 0.3 is 0 Å². The second kappa shape index (κ2) is 6.40. The SMILES string of the molecule is CCC(C)C(N)C(=O)N(C)Cc1ccc(O)cc1. The van der Waals surface area contributed by atoms with Gasteiger partial charge in [-0.1, -0.05) is 32.4 Å². The number of carbonyl (C=O) groups is 1. The van der Waals surface area contributed by atoms with Crippen LogP contribution in [0, 0.1) is 5.92 Å². The van der Waals surface area contributed by atoms with Crippen LogP contribution in [0.15, 0.2) is 24.3 Å². The molecule has 0 aliphatic rings. The molecule has 0 saturated heterocycles. The van der Waals surface area contributed by atoms with Crippen molar-refractivity contribution in [3.8, 4) is 5.75 Å². The molecule has 1 amide bonds. The Morgan fingerprint density at radius 1 is 1.39 bits per heavy atom. The van der Waals surface area contributed by atoms with E-state index in [1.807, 2.05) is 13.8 Å². The molecular formula is C14H22N2O2. The fraction of sp³-hybridized carbons (Fsp3) is 0.500. The summed E-state index contributed by atoms with van der Waals surface area (Å²) in [6.07, 6.45) is 0.889. The predicted molar refractivity (Wildman–Crippen MR) is 72.0 cm³/mol. The Hall–Kier alpha value is -1.55. The van der Waals surface area contributed by atoms with E-state index in [1.54, 1.807) is 36.2 Å². The van der Waals surface area contributed by atoms with Crippen molar-refractivity contribution >= 4 is 5.91 Å². The lowest BCUT2D eigenvalue weighted by Crippen LogP contribution is -2.45. The third-order valence-corrected chi connectivity index (χ3v) is 3.27. The highest BCUT2D eigenvalue weighted by Crippen LogP contribution is 2.13. The molecule has 2 atom stereocenters. The normalized spacial score (nSPS) is 14.0. The predicted octanol–water partition coefficient (Wildman–Crippen LogP) is 1.72. The number of phenolic OH excluding ortho intramolecular Hbond substituents is 1. The molecule has 0 radical (unpaired) electrons. The summed E-state index contributed by atoms with van der Waals surface area (Å²) in [6.45, 7) is 4.51. The maximum atomic E-state index is 12.1. The average Bonchev–Trinajstić information content (AvgIpc) is 2.38. The summed E-state index contributed by atoms with van der Waals surface area (Å²) in [6, 6.07) is 6.38. The highest BCUT2D eigenvalue weighted by Gasteiger charge is 2.22. The molecule has 0 fully saturated rings. The fourth-order valence-electron chi connectivity index (χ4n) is 1.70. The van der Waals surface area contributed by atoms with Crippen molar-refractivity contribution in [2.75, 3.05) is 7.05 Å². The molecule has 1 aromatic carbocycles. The highest BCUT2D eigenvalue weighted by molar-refractivity contribution is 5.81. The number of nitrogens with two attached hydrogens (primary N) is 1. The van der Waals surface area contributed by atoms with Gasteiger partial charge in [-0.15, -0.1) is 0 Å². The van der Waals surface area contributed by atoms with Crippen molar-refractivity contribution in [3.63, 3.8) is 0 Å².